The van der Waals surface area contributed by atoms with E-state index in [0.29, 0.717) is 5.92 Å². The molecule has 1 unspecified atom stereocenters. The molecule has 1 aromatic carbocycles. The lowest BCUT2D eigenvalue weighted by Gasteiger charge is -2.21. The van der Waals surface area contributed by atoms with Gasteiger partial charge in [0.05, 0.1) is 11.3 Å². The molecule has 1 fully saturated rings. The lowest BCUT2D eigenvalue weighted by Crippen LogP contribution is -2.32. The smallest absolute Gasteiger partial charge is 0.256 e. The number of amides is 1. The number of hydrogen-bond acceptors (Lipinski definition) is 2. The maximum absolute atomic E-state index is 13.4. The van der Waals surface area contributed by atoms with Gasteiger partial charge in [-0.2, -0.15) is 0 Å². The van der Waals surface area contributed by atoms with E-state index in [9.17, 15) is 9.18 Å². The molecule has 98 valence electrons. The Morgan fingerprint density at radius 1 is 1.39 bits per heavy atom. The lowest BCUT2D eigenvalue weighted by molar-refractivity contribution is 0.0761. The van der Waals surface area contributed by atoms with Crippen molar-refractivity contribution in [1.82, 2.24) is 4.90 Å². The number of para-hydroxylation sites is 1. The Kier molecular flexibility index (Phi) is 3.84. The van der Waals surface area contributed by atoms with Gasteiger partial charge in [0.2, 0.25) is 0 Å². The van der Waals surface area contributed by atoms with Crippen LogP contribution in [0, 0.1) is 11.7 Å². The maximum Gasteiger partial charge on any atom is 0.256 e. The van der Waals surface area contributed by atoms with Gasteiger partial charge in [-0.05, 0) is 37.3 Å². The van der Waals surface area contributed by atoms with Gasteiger partial charge < -0.3 is 10.6 Å². The number of nitrogens with zero attached hydrogens (tertiary/aromatic N) is 1. The molecule has 2 rings (SSSR count). The topological polar surface area (TPSA) is 46.3 Å². The summed E-state index contributed by atoms with van der Waals surface area (Å²) in [7, 11) is 0. The SMILES string of the molecule is CC1CCCN(C(=O)c2cccc(F)c2N)CC1. The van der Waals surface area contributed by atoms with Gasteiger partial charge in [0.25, 0.3) is 5.91 Å². The van der Waals surface area contributed by atoms with Crippen LogP contribution in [0.4, 0.5) is 10.1 Å². The van der Waals surface area contributed by atoms with Crippen LogP contribution < -0.4 is 5.73 Å². The molecule has 3 nitrogen and oxygen atoms in total. The minimum Gasteiger partial charge on any atom is -0.396 e. The van der Waals surface area contributed by atoms with Gasteiger partial charge >= 0.3 is 0 Å². The number of hydrogen-bond donors (Lipinski definition) is 1. The van der Waals surface area contributed by atoms with Crippen molar-refractivity contribution in [3.05, 3.63) is 29.6 Å². The fourth-order valence-corrected chi connectivity index (χ4v) is 2.36. The molecule has 0 bridgehead atoms. The van der Waals surface area contributed by atoms with Crippen LogP contribution in [0.15, 0.2) is 18.2 Å². The van der Waals surface area contributed by atoms with Crippen LogP contribution in [0.2, 0.25) is 0 Å². The molecule has 4 heteroatoms. The Labute approximate surface area is 107 Å². The highest BCUT2D eigenvalue weighted by atomic mass is 19.1. The van der Waals surface area contributed by atoms with Crippen LogP contribution in [0.1, 0.15) is 36.5 Å². The molecule has 0 aliphatic carbocycles. The fraction of sp³-hybridized carbons (Fsp3) is 0.500. The van der Waals surface area contributed by atoms with Crippen LogP contribution in [-0.2, 0) is 0 Å². The fourth-order valence-electron chi connectivity index (χ4n) is 2.36. The molecule has 1 aromatic rings. The Hall–Kier alpha value is -1.58. The van der Waals surface area contributed by atoms with Gasteiger partial charge in [-0.3, -0.25) is 4.79 Å². The standard InChI is InChI=1S/C14H19FN2O/c1-10-4-3-8-17(9-7-10)14(18)11-5-2-6-12(15)13(11)16/h2,5-6,10H,3-4,7-9,16H2,1H3. The summed E-state index contributed by atoms with van der Waals surface area (Å²) < 4.78 is 13.4. The maximum atomic E-state index is 13.4. The highest BCUT2D eigenvalue weighted by Gasteiger charge is 2.22. The summed E-state index contributed by atoms with van der Waals surface area (Å²) in [6.45, 7) is 3.67. The largest absolute Gasteiger partial charge is 0.396 e. The summed E-state index contributed by atoms with van der Waals surface area (Å²) in [5.74, 6) is -0.0298. The third-order valence-corrected chi connectivity index (χ3v) is 3.59. The number of rotatable bonds is 1. The monoisotopic (exact) mass is 250 g/mol. The molecule has 1 saturated heterocycles. The Bertz CT molecular complexity index is 447. The van der Waals surface area contributed by atoms with Gasteiger partial charge in [-0.1, -0.05) is 13.0 Å². The number of nitrogen functional groups attached to an aromatic ring is 1. The van der Waals surface area contributed by atoms with E-state index in [2.05, 4.69) is 6.92 Å². The second-order valence-corrected chi connectivity index (χ2v) is 5.03. The van der Waals surface area contributed by atoms with Crippen LogP contribution in [0.25, 0.3) is 0 Å². The number of anilines is 1. The molecule has 0 saturated carbocycles. The van der Waals surface area contributed by atoms with Crippen molar-refractivity contribution in [2.75, 3.05) is 18.8 Å². The van der Waals surface area contributed by atoms with Crippen molar-refractivity contribution in [1.29, 1.82) is 0 Å². The molecule has 1 atom stereocenters. The van der Waals surface area contributed by atoms with Crippen molar-refractivity contribution in [3.63, 3.8) is 0 Å². The van der Waals surface area contributed by atoms with E-state index in [0.717, 1.165) is 32.4 Å². The molecular weight excluding hydrogens is 231 g/mol. The van der Waals surface area contributed by atoms with Crippen molar-refractivity contribution >= 4 is 11.6 Å². The third kappa shape index (κ3) is 2.63. The summed E-state index contributed by atoms with van der Waals surface area (Å²) in [6.07, 6.45) is 3.14. The first-order valence-electron chi connectivity index (χ1n) is 6.43. The van der Waals surface area contributed by atoms with E-state index in [-0.39, 0.29) is 17.2 Å². The Morgan fingerprint density at radius 3 is 2.94 bits per heavy atom. The van der Waals surface area contributed by atoms with Gasteiger partial charge in [0.15, 0.2) is 0 Å². The van der Waals surface area contributed by atoms with Crippen molar-refractivity contribution in [2.45, 2.75) is 26.2 Å². The Morgan fingerprint density at radius 2 is 2.17 bits per heavy atom. The summed E-state index contributed by atoms with van der Waals surface area (Å²) in [5, 5.41) is 0. The van der Waals surface area contributed by atoms with Gasteiger partial charge in [0, 0.05) is 13.1 Å². The van der Waals surface area contributed by atoms with Gasteiger partial charge in [-0.25, -0.2) is 4.39 Å². The molecule has 1 amide bonds. The summed E-state index contributed by atoms with van der Waals surface area (Å²) in [6, 6.07) is 4.39. The van der Waals surface area contributed by atoms with E-state index in [1.165, 1.54) is 12.1 Å². The summed E-state index contributed by atoms with van der Waals surface area (Å²) in [4.78, 5) is 14.1. The number of likely N-dealkylation sites (tertiary alicyclic amines) is 1. The summed E-state index contributed by atoms with van der Waals surface area (Å²) >= 11 is 0. The van der Waals surface area contributed by atoms with Crippen LogP contribution in [0.3, 0.4) is 0 Å². The molecule has 1 heterocycles. The first-order valence-corrected chi connectivity index (χ1v) is 6.43. The first-order chi connectivity index (χ1) is 8.59. The average Bonchev–Trinajstić information content (AvgIpc) is 2.57. The van der Waals surface area contributed by atoms with E-state index in [1.807, 2.05) is 0 Å². The molecule has 0 aromatic heterocycles. The van der Waals surface area contributed by atoms with Crippen molar-refractivity contribution in [2.24, 2.45) is 5.92 Å². The zero-order valence-electron chi connectivity index (χ0n) is 10.7. The minimum absolute atomic E-state index is 0.0419. The highest BCUT2D eigenvalue weighted by Crippen LogP contribution is 2.21. The predicted molar refractivity (Wildman–Crippen MR) is 69.7 cm³/mol. The second-order valence-electron chi connectivity index (χ2n) is 5.03. The second kappa shape index (κ2) is 5.38. The van der Waals surface area contributed by atoms with Crippen LogP contribution in [0.5, 0.6) is 0 Å². The molecule has 2 N–H and O–H groups in total. The zero-order chi connectivity index (χ0) is 13.1. The van der Waals surface area contributed by atoms with E-state index >= 15 is 0 Å². The molecule has 0 radical (unpaired) electrons. The van der Waals surface area contributed by atoms with Gasteiger partial charge in [0.1, 0.15) is 5.82 Å². The van der Waals surface area contributed by atoms with Crippen molar-refractivity contribution < 1.29 is 9.18 Å². The molecule has 1 aliphatic heterocycles. The molecular formula is C14H19FN2O. The zero-order valence-corrected chi connectivity index (χ0v) is 10.7. The quantitative estimate of drug-likeness (QED) is 0.779. The van der Waals surface area contributed by atoms with Gasteiger partial charge in [-0.15, -0.1) is 0 Å². The Balaban J connectivity index is 2.18. The van der Waals surface area contributed by atoms with E-state index in [1.54, 1.807) is 11.0 Å². The number of halogens is 1. The molecule has 1 aliphatic rings. The van der Waals surface area contributed by atoms with Crippen molar-refractivity contribution in [3.8, 4) is 0 Å². The van der Waals surface area contributed by atoms with E-state index < -0.39 is 5.82 Å². The lowest BCUT2D eigenvalue weighted by atomic mass is 10.0. The number of benzene rings is 1. The highest BCUT2D eigenvalue weighted by molar-refractivity contribution is 5.99. The van der Waals surface area contributed by atoms with Crippen LogP contribution >= 0.6 is 0 Å². The number of carbonyl (C=O) groups excluding carboxylic acids is 1. The first kappa shape index (κ1) is 12.9. The molecule has 0 spiro atoms. The minimum atomic E-state index is -0.524. The van der Waals surface area contributed by atoms with E-state index in [4.69, 9.17) is 5.73 Å². The number of nitrogens with two attached hydrogens (primary N) is 1. The number of carbonyl (C=O) groups is 1. The average molecular weight is 250 g/mol. The third-order valence-electron chi connectivity index (χ3n) is 3.59. The summed E-state index contributed by atoms with van der Waals surface area (Å²) in [5.41, 5.74) is 5.87. The molecule has 18 heavy (non-hydrogen) atoms. The predicted octanol–water partition coefficient (Wildman–Crippen LogP) is 2.67. The van der Waals surface area contributed by atoms with Crippen LogP contribution in [-0.4, -0.2) is 23.9 Å². The normalized spacial score (nSPS) is 20.6.